The molecular weight excluding hydrogens is 444 g/mol. The summed E-state index contributed by atoms with van der Waals surface area (Å²) in [6.45, 7) is 0. The Bertz CT molecular complexity index is 1440. The van der Waals surface area contributed by atoms with Gasteiger partial charge in [-0.15, -0.1) is 10.2 Å². The van der Waals surface area contributed by atoms with Gasteiger partial charge in [0.05, 0.1) is 7.11 Å². The van der Waals surface area contributed by atoms with Gasteiger partial charge >= 0.3 is 0 Å². The molecule has 0 saturated carbocycles. The summed E-state index contributed by atoms with van der Waals surface area (Å²) in [6.07, 6.45) is 4.09. The fourth-order valence-electron chi connectivity index (χ4n) is 3.95. The van der Waals surface area contributed by atoms with Crippen LogP contribution >= 0.6 is 15.9 Å². The van der Waals surface area contributed by atoms with Gasteiger partial charge in [-0.25, -0.2) is 4.98 Å². The predicted molar refractivity (Wildman–Crippen MR) is 122 cm³/mol. The van der Waals surface area contributed by atoms with Crippen LogP contribution in [-0.4, -0.2) is 31.4 Å². The molecule has 30 heavy (non-hydrogen) atoms. The lowest BCUT2D eigenvalue weighted by Crippen LogP contribution is -2.02. The lowest BCUT2D eigenvalue weighted by Gasteiger charge is -2.07. The van der Waals surface area contributed by atoms with Gasteiger partial charge in [-0.3, -0.25) is 0 Å². The van der Waals surface area contributed by atoms with Gasteiger partial charge in [-0.05, 0) is 36.4 Å². The number of nitrogens with zero attached hydrogens (tertiary/aromatic N) is 5. The molecule has 0 saturated heterocycles. The van der Waals surface area contributed by atoms with Crippen LogP contribution in [0.5, 0.6) is 5.75 Å². The van der Waals surface area contributed by atoms with E-state index in [1.807, 2.05) is 50.8 Å². The molecule has 0 aliphatic rings. The Kier molecular flexibility index (Phi) is 4.25. The highest BCUT2D eigenvalue weighted by Gasteiger charge is 2.21. The number of aryl methyl sites for hydroxylation is 2. The van der Waals surface area contributed by atoms with Crippen molar-refractivity contribution in [1.82, 2.24) is 24.3 Å². The van der Waals surface area contributed by atoms with Gasteiger partial charge in [0, 0.05) is 63.9 Å². The van der Waals surface area contributed by atoms with Crippen LogP contribution in [0.15, 0.2) is 53.3 Å². The molecule has 150 valence electrons. The molecule has 0 unspecified atom stereocenters. The van der Waals surface area contributed by atoms with Crippen molar-refractivity contribution in [3.8, 4) is 28.3 Å². The number of nitrogen functional groups attached to an aromatic ring is 1. The van der Waals surface area contributed by atoms with Gasteiger partial charge in [0.1, 0.15) is 17.1 Å². The summed E-state index contributed by atoms with van der Waals surface area (Å²) in [6, 6.07) is 12.2. The number of halogens is 1. The van der Waals surface area contributed by atoms with Crippen LogP contribution in [0, 0.1) is 0 Å². The molecular formula is C22H19BrN6O. The third-order valence-electron chi connectivity index (χ3n) is 5.36. The highest BCUT2D eigenvalue weighted by atomic mass is 79.9. The number of nitrogens with two attached hydrogens (primary N) is 1. The Labute approximate surface area is 181 Å². The number of anilines is 1. The van der Waals surface area contributed by atoms with Crippen LogP contribution in [0.3, 0.4) is 0 Å². The summed E-state index contributed by atoms with van der Waals surface area (Å²) in [4.78, 5) is 4.61. The van der Waals surface area contributed by atoms with Crippen LogP contribution in [-0.2, 0) is 14.1 Å². The maximum absolute atomic E-state index is 5.96. The first-order chi connectivity index (χ1) is 14.5. The number of methoxy groups -OCH3 is 1. The number of aromatic nitrogens is 5. The van der Waals surface area contributed by atoms with Crippen LogP contribution in [0.25, 0.3) is 44.3 Å². The predicted octanol–water partition coefficient (Wildman–Crippen LogP) is 4.54. The topological polar surface area (TPSA) is 83.8 Å². The number of fused-ring (bicyclic) bond motifs is 2. The molecule has 2 N–H and O–H groups in total. The summed E-state index contributed by atoms with van der Waals surface area (Å²) in [5.74, 6) is 0.913. The Morgan fingerprint density at radius 3 is 2.20 bits per heavy atom. The maximum Gasteiger partial charge on any atom is 0.240 e. The van der Waals surface area contributed by atoms with Crippen molar-refractivity contribution < 1.29 is 4.74 Å². The molecule has 0 aliphatic carbocycles. The fourth-order valence-corrected chi connectivity index (χ4v) is 4.31. The Morgan fingerprint density at radius 2 is 1.50 bits per heavy atom. The SMILES string of the molecule is COc1ccc2c(c1)c(-c1nc(N)nnc1-c1cn(C)c3ccc(Br)cc13)cn2C. The van der Waals surface area contributed by atoms with E-state index >= 15 is 0 Å². The molecule has 0 radical (unpaired) electrons. The number of ether oxygens (including phenoxy) is 1. The minimum Gasteiger partial charge on any atom is -0.497 e. The van der Waals surface area contributed by atoms with E-state index in [1.165, 1.54) is 0 Å². The van der Waals surface area contributed by atoms with Crippen molar-refractivity contribution in [3.63, 3.8) is 0 Å². The third kappa shape index (κ3) is 2.83. The van der Waals surface area contributed by atoms with Gasteiger partial charge in [0.25, 0.3) is 0 Å². The second kappa shape index (κ2) is 6.84. The van der Waals surface area contributed by atoms with E-state index in [9.17, 15) is 0 Å². The minimum atomic E-state index is 0.134. The van der Waals surface area contributed by atoms with E-state index in [2.05, 4.69) is 52.4 Å². The zero-order chi connectivity index (χ0) is 21.0. The van der Waals surface area contributed by atoms with Crippen LogP contribution in [0.2, 0.25) is 0 Å². The molecule has 0 bridgehead atoms. The average Bonchev–Trinajstić information content (AvgIpc) is 3.24. The van der Waals surface area contributed by atoms with Gasteiger partial charge < -0.3 is 19.6 Å². The van der Waals surface area contributed by atoms with Gasteiger partial charge in [-0.2, -0.15) is 0 Å². The van der Waals surface area contributed by atoms with Gasteiger partial charge in [0.15, 0.2) is 0 Å². The number of hydrogen-bond acceptors (Lipinski definition) is 5. The molecule has 3 aromatic heterocycles. The smallest absolute Gasteiger partial charge is 0.240 e. The molecule has 2 aromatic carbocycles. The lowest BCUT2D eigenvalue weighted by atomic mass is 10.0. The zero-order valence-electron chi connectivity index (χ0n) is 16.7. The second-order valence-electron chi connectivity index (χ2n) is 7.22. The highest BCUT2D eigenvalue weighted by molar-refractivity contribution is 9.10. The second-order valence-corrected chi connectivity index (χ2v) is 8.13. The first-order valence-corrected chi connectivity index (χ1v) is 10.1. The van der Waals surface area contributed by atoms with Gasteiger partial charge in [0.2, 0.25) is 5.95 Å². The van der Waals surface area contributed by atoms with E-state index in [0.29, 0.717) is 11.4 Å². The van der Waals surface area contributed by atoms with E-state index < -0.39 is 0 Å². The van der Waals surface area contributed by atoms with Crippen molar-refractivity contribution in [2.45, 2.75) is 0 Å². The van der Waals surface area contributed by atoms with Crippen molar-refractivity contribution >= 4 is 43.7 Å². The number of hydrogen-bond donors (Lipinski definition) is 1. The molecule has 0 aliphatic heterocycles. The Balaban J connectivity index is 1.84. The molecule has 5 rings (SSSR count). The van der Waals surface area contributed by atoms with Crippen molar-refractivity contribution in [3.05, 3.63) is 53.3 Å². The van der Waals surface area contributed by atoms with E-state index in [0.717, 1.165) is 43.2 Å². The van der Waals surface area contributed by atoms with Crippen LogP contribution in [0.4, 0.5) is 5.95 Å². The summed E-state index contributed by atoms with van der Waals surface area (Å²) in [5.41, 5.74) is 11.4. The molecule has 7 nitrogen and oxygen atoms in total. The summed E-state index contributed by atoms with van der Waals surface area (Å²) in [7, 11) is 5.68. The number of rotatable bonds is 3. The monoisotopic (exact) mass is 462 g/mol. The standard InChI is InChI=1S/C22H19BrN6O/c1-28-10-16(15-9-13(30-3)5-7-19(15)28)20-21(26-27-22(24)25-20)17-11-29(2)18-6-4-12(23)8-14(17)18/h4-11H,1-3H3,(H2,24,25,27). The molecule has 8 heteroatoms. The molecule has 5 aromatic rings. The van der Waals surface area contributed by atoms with E-state index in [-0.39, 0.29) is 5.95 Å². The maximum atomic E-state index is 5.96. The Morgan fingerprint density at radius 1 is 0.867 bits per heavy atom. The zero-order valence-corrected chi connectivity index (χ0v) is 18.3. The lowest BCUT2D eigenvalue weighted by molar-refractivity contribution is 0.415. The Hall–Kier alpha value is -3.39. The fraction of sp³-hybridized carbons (Fsp3) is 0.136. The van der Waals surface area contributed by atoms with Crippen LogP contribution < -0.4 is 10.5 Å². The summed E-state index contributed by atoms with van der Waals surface area (Å²) in [5, 5.41) is 10.6. The quantitative estimate of drug-likeness (QED) is 0.425. The third-order valence-corrected chi connectivity index (χ3v) is 5.85. The van der Waals surface area contributed by atoms with Crippen molar-refractivity contribution in [2.75, 3.05) is 12.8 Å². The van der Waals surface area contributed by atoms with Crippen molar-refractivity contribution in [1.29, 1.82) is 0 Å². The highest BCUT2D eigenvalue weighted by Crippen LogP contribution is 2.39. The average molecular weight is 463 g/mol. The summed E-state index contributed by atoms with van der Waals surface area (Å²) < 4.78 is 10.6. The first kappa shape index (κ1) is 18.6. The molecule has 0 spiro atoms. The van der Waals surface area contributed by atoms with E-state index in [1.54, 1.807) is 7.11 Å². The number of benzene rings is 2. The molecule has 0 amide bonds. The molecule has 0 atom stereocenters. The van der Waals surface area contributed by atoms with Crippen LogP contribution in [0.1, 0.15) is 0 Å². The largest absolute Gasteiger partial charge is 0.497 e. The van der Waals surface area contributed by atoms with E-state index in [4.69, 9.17) is 10.5 Å². The first-order valence-electron chi connectivity index (χ1n) is 9.35. The minimum absolute atomic E-state index is 0.134. The molecule has 0 fully saturated rings. The van der Waals surface area contributed by atoms with Gasteiger partial charge in [-0.1, -0.05) is 15.9 Å². The molecule has 3 heterocycles. The van der Waals surface area contributed by atoms with Crippen molar-refractivity contribution in [2.24, 2.45) is 14.1 Å². The summed E-state index contributed by atoms with van der Waals surface area (Å²) >= 11 is 3.58. The normalized spacial score (nSPS) is 11.5.